The normalized spacial score (nSPS) is 25.3. The number of carbonyl (C=O) groups excluding carboxylic acids is 1. The minimum atomic E-state index is -3.78. The molecule has 0 spiro atoms. The Balaban J connectivity index is 1.56. The van der Waals surface area contributed by atoms with Crippen molar-refractivity contribution >= 4 is 21.6 Å². The molecule has 0 unspecified atom stereocenters. The van der Waals surface area contributed by atoms with Crippen molar-refractivity contribution in [2.24, 2.45) is 5.92 Å². The van der Waals surface area contributed by atoms with Gasteiger partial charge in [0.2, 0.25) is 5.91 Å². The van der Waals surface area contributed by atoms with Crippen molar-refractivity contribution in [3.05, 3.63) is 59.7 Å². The van der Waals surface area contributed by atoms with Crippen molar-refractivity contribution in [3.63, 3.8) is 0 Å². The number of nitrogens with zero attached hydrogens (tertiary/aromatic N) is 2. The molecule has 3 aliphatic rings. The fourth-order valence-electron chi connectivity index (χ4n) is 5.07. The van der Waals surface area contributed by atoms with E-state index in [-0.39, 0.29) is 42.0 Å². The third-order valence-corrected chi connectivity index (χ3v) is 8.70. The first-order chi connectivity index (χ1) is 14.4. The van der Waals surface area contributed by atoms with Crippen LogP contribution in [-0.2, 0) is 14.8 Å². The second-order valence-corrected chi connectivity index (χ2v) is 10.5. The topological polar surface area (TPSA) is 77.9 Å². The number of benzene rings is 2. The number of sulfonamides is 1. The molecule has 1 saturated carbocycles. The van der Waals surface area contributed by atoms with Gasteiger partial charge in [-0.2, -0.15) is 0 Å². The molecule has 158 valence electrons. The largest absolute Gasteiger partial charge is 0.394 e. The third kappa shape index (κ3) is 2.94. The summed E-state index contributed by atoms with van der Waals surface area (Å²) in [5.41, 5.74) is 2.23. The molecule has 1 N–H and O–H groups in total. The quantitative estimate of drug-likeness (QED) is 0.797. The summed E-state index contributed by atoms with van der Waals surface area (Å²) < 4.78 is 28.7. The summed E-state index contributed by atoms with van der Waals surface area (Å²) in [6.45, 7) is 1.89. The number of aryl methyl sites for hydroxylation is 1. The third-order valence-electron chi connectivity index (χ3n) is 6.76. The predicted octanol–water partition coefficient (Wildman–Crippen LogP) is 2.66. The molecule has 0 radical (unpaired) electrons. The van der Waals surface area contributed by atoms with Crippen molar-refractivity contribution in [2.45, 2.75) is 49.1 Å². The zero-order chi connectivity index (χ0) is 21.0. The van der Waals surface area contributed by atoms with Crippen LogP contribution in [0.3, 0.4) is 0 Å². The molecule has 1 saturated heterocycles. The molecule has 3 atom stereocenters. The highest BCUT2D eigenvalue weighted by molar-refractivity contribution is 7.92. The molecule has 0 aromatic heterocycles. The molecule has 2 aliphatic heterocycles. The minimum absolute atomic E-state index is 0.0328. The zero-order valence-electron chi connectivity index (χ0n) is 16.9. The number of amides is 1. The highest BCUT2D eigenvalue weighted by atomic mass is 32.2. The van der Waals surface area contributed by atoms with Crippen LogP contribution in [0.2, 0.25) is 0 Å². The fourth-order valence-corrected chi connectivity index (χ4v) is 6.80. The van der Waals surface area contributed by atoms with Crippen LogP contribution in [0.4, 0.5) is 5.69 Å². The molecule has 6 nitrogen and oxygen atoms in total. The molecule has 2 heterocycles. The molecule has 1 aliphatic carbocycles. The van der Waals surface area contributed by atoms with Gasteiger partial charge in [0.25, 0.3) is 10.0 Å². The molecule has 7 heteroatoms. The van der Waals surface area contributed by atoms with Gasteiger partial charge in [0, 0.05) is 12.3 Å². The van der Waals surface area contributed by atoms with E-state index < -0.39 is 10.0 Å². The lowest BCUT2D eigenvalue weighted by Crippen LogP contribution is -2.70. The summed E-state index contributed by atoms with van der Waals surface area (Å²) in [5.74, 6) is 0.432. The van der Waals surface area contributed by atoms with Gasteiger partial charge in [-0.1, -0.05) is 36.4 Å². The molecular formula is C23H26N2O4S. The molecule has 2 aromatic rings. The van der Waals surface area contributed by atoms with Gasteiger partial charge in [-0.25, -0.2) is 8.42 Å². The lowest BCUT2D eigenvalue weighted by atomic mass is 9.72. The first kappa shape index (κ1) is 19.6. The molecule has 30 heavy (non-hydrogen) atoms. The number of aliphatic hydroxyl groups excluding tert-OH is 1. The number of hydrogen-bond acceptors (Lipinski definition) is 4. The number of likely N-dealkylation sites (tertiary alicyclic amines) is 1. The summed E-state index contributed by atoms with van der Waals surface area (Å²) in [5, 5.41) is 10.0. The SMILES string of the molecule is Cc1ccccc1S(=O)(=O)N1C[C@@H]2[C@H](c3ccccc31)[C@H](CO)N2C(=O)CC1CC1. The van der Waals surface area contributed by atoms with Crippen molar-refractivity contribution in [3.8, 4) is 0 Å². The van der Waals surface area contributed by atoms with E-state index >= 15 is 0 Å². The Morgan fingerprint density at radius 1 is 1.10 bits per heavy atom. The van der Waals surface area contributed by atoms with E-state index in [1.807, 2.05) is 30.3 Å². The van der Waals surface area contributed by atoms with Gasteiger partial charge in [0.15, 0.2) is 0 Å². The standard InChI is InChI=1S/C23H26N2O4S/c1-15-6-2-5-9-21(15)30(28,29)24-13-19-23(17-7-3-4-8-18(17)24)20(14-26)25(19)22(27)12-16-10-11-16/h2-9,16,19-20,23,26H,10-14H2,1H3/t19-,20+,23+/m1/s1. The van der Waals surface area contributed by atoms with Gasteiger partial charge in [0.1, 0.15) is 0 Å². The highest BCUT2D eigenvalue weighted by Gasteiger charge is 2.56. The van der Waals surface area contributed by atoms with Crippen LogP contribution >= 0.6 is 0 Å². The summed E-state index contributed by atoms with van der Waals surface area (Å²) >= 11 is 0. The smallest absolute Gasteiger partial charge is 0.264 e. The fraction of sp³-hybridized carbons (Fsp3) is 0.435. The average Bonchev–Trinajstić information content (AvgIpc) is 3.52. The van der Waals surface area contributed by atoms with E-state index in [1.54, 1.807) is 30.0 Å². The summed E-state index contributed by atoms with van der Waals surface area (Å²) in [4.78, 5) is 15.0. The summed E-state index contributed by atoms with van der Waals surface area (Å²) in [6, 6.07) is 13.9. The Bertz CT molecular complexity index is 1100. The van der Waals surface area contributed by atoms with Gasteiger partial charge in [-0.3, -0.25) is 9.10 Å². The molecule has 5 rings (SSSR count). The van der Waals surface area contributed by atoms with Gasteiger partial charge in [0.05, 0.1) is 35.8 Å². The second-order valence-electron chi connectivity index (χ2n) is 8.65. The first-order valence-electron chi connectivity index (χ1n) is 10.5. The van der Waals surface area contributed by atoms with E-state index in [1.165, 1.54) is 4.31 Å². The maximum atomic E-state index is 13.6. The Kier molecular flexibility index (Phi) is 4.63. The van der Waals surface area contributed by atoms with Crippen LogP contribution < -0.4 is 4.31 Å². The molecule has 1 amide bonds. The molecular weight excluding hydrogens is 400 g/mol. The van der Waals surface area contributed by atoms with Crippen LogP contribution in [0.15, 0.2) is 53.4 Å². The Morgan fingerprint density at radius 3 is 2.50 bits per heavy atom. The van der Waals surface area contributed by atoms with Crippen molar-refractivity contribution in [1.29, 1.82) is 0 Å². The lowest BCUT2D eigenvalue weighted by Gasteiger charge is -2.59. The highest BCUT2D eigenvalue weighted by Crippen LogP contribution is 2.50. The summed E-state index contributed by atoms with van der Waals surface area (Å²) in [7, 11) is -3.78. The monoisotopic (exact) mass is 426 g/mol. The number of para-hydroxylation sites is 1. The predicted molar refractivity (Wildman–Crippen MR) is 114 cm³/mol. The van der Waals surface area contributed by atoms with E-state index in [4.69, 9.17) is 0 Å². The number of carbonyl (C=O) groups is 1. The number of rotatable bonds is 5. The van der Waals surface area contributed by atoms with Crippen molar-refractivity contribution in [2.75, 3.05) is 17.5 Å². The van der Waals surface area contributed by atoms with E-state index in [9.17, 15) is 18.3 Å². The van der Waals surface area contributed by atoms with E-state index in [0.29, 0.717) is 23.6 Å². The minimum Gasteiger partial charge on any atom is -0.394 e. The summed E-state index contributed by atoms with van der Waals surface area (Å²) in [6.07, 6.45) is 2.65. The van der Waals surface area contributed by atoms with Gasteiger partial charge in [-0.15, -0.1) is 0 Å². The second kappa shape index (κ2) is 7.10. The van der Waals surface area contributed by atoms with Crippen LogP contribution in [0.25, 0.3) is 0 Å². The Labute approximate surface area is 177 Å². The van der Waals surface area contributed by atoms with Crippen molar-refractivity contribution in [1.82, 2.24) is 4.90 Å². The van der Waals surface area contributed by atoms with Gasteiger partial charge >= 0.3 is 0 Å². The first-order valence-corrected chi connectivity index (χ1v) is 12.0. The maximum Gasteiger partial charge on any atom is 0.264 e. The van der Waals surface area contributed by atoms with Crippen LogP contribution in [0.1, 0.15) is 36.3 Å². The Morgan fingerprint density at radius 2 is 1.80 bits per heavy atom. The van der Waals surface area contributed by atoms with Crippen molar-refractivity contribution < 1.29 is 18.3 Å². The number of hydrogen-bond donors (Lipinski definition) is 1. The molecule has 0 bridgehead atoms. The van der Waals surface area contributed by atoms with Gasteiger partial charge in [-0.05, 0) is 48.9 Å². The number of aliphatic hydroxyl groups is 1. The number of fused-ring (bicyclic) bond motifs is 3. The van der Waals surface area contributed by atoms with E-state index in [0.717, 1.165) is 18.4 Å². The van der Waals surface area contributed by atoms with E-state index in [2.05, 4.69) is 0 Å². The van der Waals surface area contributed by atoms with Crippen LogP contribution in [-0.4, -0.2) is 49.6 Å². The average molecular weight is 427 g/mol. The molecule has 2 aromatic carbocycles. The number of anilines is 1. The van der Waals surface area contributed by atoms with Crippen LogP contribution in [0, 0.1) is 12.8 Å². The van der Waals surface area contributed by atoms with Crippen LogP contribution in [0.5, 0.6) is 0 Å². The Hall–Kier alpha value is -2.38. The zero-order valence-corrected chi connectivity index (χ0v) is 17.8. The maximum absolute atomic E-state index is 13.6. The lowest BCUT2D eigenvalue weighted by molar-refractivity contribution is -0.150. The molecule has 2 fully saturated rings. The van der Waals surface area contributed by atoms with Gasteiger partial charge < -0.3 is 10.0 Å².